The van der Waals surface area contributed by atoms with Crippen LogP contribution in [0.3, 0.4) is 0 Å². The zero-order valence-electron chi connectivity index (χ0n) is 17.5. The number of carbonyl (C=O) groups excluding carboxylic acids is 1. The summed E-state index contributed by atoms with van der Waals surface area (Å²) in [5, 5.41) is 2.99. The number of ether oxygens (including phenoxy) is 1. The van der Waals surface area contributed by atoms with E-state index >= 15 is 0 Å². The Balaban J connectivity index is 1.71. The number of halogens is 1. The van der Waals surface area contributed by atoms with Crippen LogP contribution < -0.4 is 14.8 Å². The van der Waals surface area contributed by atoms with Crippen molar-refractivity contribution in [1.82, 2.24) is 4.72 Å². The zero-order valence-corrected chi connectivity index (χ0v) is 19.9. The molecule has 3 aromatic rings. The highest BCUT2D eigenvalue weighted by Gasteiger charge is 2.23. The van der Waals surface area contributed by atoms with Gasteiger partial charge in [-0.05, 0) is 56.3 Å². The highest BCUT2D eigenvalue weighted by atomic mass is 35.5. The fourth-order valence-electron chi connectivity index (χ4n) is 2.79. The fraction of sp³-hybridized carbons (Fsp3) is 0.174. The topological polar surface area (TPSA) is 84.5 Å². The van der Waals surface area contributed by atoms with Crippen LogP contribution in [0.2, 0.25) is 5.02 Å². The van der Waals surface area contributed by atoms with Crippen LogP contribution in [0.1, 0.15) is 13.8 Å². The molecule has 0 spiro atoms. The van der Waals surface area contributed by atoms with Gasteiger partial charge in [0, 0.05) is 9.79 Å². The second-order valence-corrected chi connectivity index (χ2v) is 10.0. The zero-order chi connectivity index (χ0) is 23.1. The van der Waals surface area contributed by atoms with E-state index in [1.807, 2.05) is 42.5 Å². The summed E-state index contributed by atoms with van der Waals surface area (Å²) in [5.41, 5.74) is 0.599. The number of anilines is 1. The van der Waals surface area contributed by atoms with Gasteiger partial charge in [-0.2, -0.15) is 4.72 Å². The Kier molecular flexibility index (Phi) is 8.20. The van der Waals surface area contributed by atoms with Crippen LogP contribution >= 0.6 is 23.4 Å². The molecule has 0 aliphatic carbocycles. The standard InChI is InChI=1S/C23H23ClN2O4S2/c1-3-30-21-14-13-18(15-19(21)24)32(28,29)26-16(2)23(27)25-20-11-7-8-12-22(20)31-17-9-5-4-6-10-17/h4-16,26H,3H2,1-2H3,(H,25,27)/t16-/m0/s1. The van der Waals surface area contributed by atoms with E-state index in [9.17, 15) is 13.2 Å². The van der Waals surface area contributed by atoms with Crippen molar-refractivity contribution in [3.8, 4) is 5.75 Å². The Morgan fingerprint density at radius 1 is 1.06 bits per heavy atom. The van der Waals surface area contributed by atoms with Gasteiger partial charge in [-0.15, -0.1) is 0 Å². The third-order valence-corrected chi connectivity index (χ3v) is 7.27. The molecule has 6 nitrogen and oxygen atoms in total. The summed E-state index contributed by atoms with van der Waals surface area (Å²) in [6, 6.07) is 20.3. The molecule has 3 aromatic carbocycles. The molecule has 2 N–H and O–H groups in total. The summed E-state index contributed by atoms with van der Waals surface area (Å²) in [6.45, 7) is 3.70. The first-order valence-corrected chi connectivity index (χ1v) is 12.6. The lowest BCUT2D eigenvalue weighted by Gasteiger charge is -2.16. The van der Waals surface area contributed by atoms with E-state index in [4.69, 9.17) is 16.3 Å². The number of hydrogen-bond acceptors (Lipinski definition) is 5. The van der Waals surface area contributed by atoms with E-state index in [1.165, 1.54) is 36.9 Å². The van der Waals surface area contributed by atoms with Gasteiger partial charge in [0.25, 0.3) is 0 Å². The molecule has 1 amide bonds. The van der Waals surface area contributed by atoms with Gasteiger partial charge in [-0.25, -0.2) is 8.42 Å². The molecule has 0 aliphatic heterocycles. The molecule has 3 rings (SSSR count). The molecule has 0 aromatic heterocycles. The van der Waals surface area contributed by atoms with Crippen molar-refractivity contribution in [3.63, 3.8) is 0 Å². The van der Waals surface area contributed by atoms with E-state index in [-0.39, 0.29) is 9.92 Å². The largest absolute Gasteiger partial charge is 0.492 e. The normalized spacial score (nSPS) is 12.2. The van der Waals surface area contributed by atoms with E-state index < -0.39 is 22.0 Å². The molecule has 0 heterocycles. The van der Waals surface area contributed by atoms with Gasteiger partial charge < -0.3 is 10.1 Å². The second kappa shape index (κ2) is 10.9. The van der Waals surface area contributed by atoms with Gasteiger partial charge in [0.15, 0.2) is 0 Å². The molecule has 0 radical (unpaired) electrons. The molecule has 0 bridgehead atoms. The summed E-state index contributed by atoms with van der Waals surface area (Å²) in [5.74, 6) is -0.0850. The average molecular weight is 491 g/mol. The molecule has 168 valence electrons. The van der Waals surface area contributed by atoms with Crippen LogP contribution in [0.5, 0.6) is 5.75 Å². The maximum Gasteiger partial charge on any atom is 0.242 e. The maximum atomic E-state index is 12.7. The molecular weight excluding hydrogens is 468 g/mol. The minimum atomic E-state index is -3.97. The number of hydrogen-bond donors (Lipinski definition) is 2. The number of para-hydroxylation sites is 1. The van der Waals surface area contributed by atoms with Gasteiger partial charge in [0.05, 0.1) is 28.3 Å². The summed E-state index contributed by atoms with van der Waals surface area (Å²) in [6.07, 6.45) is 0. The Morgan fingerprint density at radius 2 is 1.75 bits per heavy atom. The Morgan fingerprint density at radius 3 is 2.44 bits per heavy atom. The Bertz CT molecular complexity index is 1190. The van der Waals surface area contributed by atoms with Gasteiger partial charge in [-0.3, -0.25) is 4.79 Å². The average Bonchev–Trinajstić information content (AvgIpc) is 2.77. The quantitative estimate of drug-likeness (QED) is 0.431. The SMILES string of the molecule is CCOc1ccc(S(=O)(=O)N[C@@H](C)C(=O)Nc2ccccc2Sc2ccccc2)cc1Cl. The van der Waals surface area contributed by atoms with E-state index in [1.54, 1.807) is 19.1 Å². The first-order valence-electron chi connectivity index (χ1n) is 9.87. The number of amides is 1. The number of sulfonamides is 1. The van der Waals surface area contributed by atoms with E-state index in [0.717, 1.165) is 9.79 Å². The molecule has 1 atom stereocenters. The molecule has 0 unspecified atom stereocenters. The highest BCUT2D eigenvalue weighted by Crippen LogP contribution is 2.33. The van der Waals surface area contributed by atoms with Gasteiger partial charge in [0.1, 0.15) is 5.75 Å². The summed E-state index contributed by atoms with van der Waals surface area (Å²) < 4.78 is 33.2. The first kappa shape index (κ1) is 24.1. The third kappa shape index (κ3) is 6.26. The molecule has 0 saturated heterocycles. The van der Waals surface area contributed by atoms with Gasteiger partial charge >= 0.3 is 0 Å². The van der Waals surface area contributed by atoms with Crippen molar-refractivity contribution < 1.29 is 17.9 Å². The van der Waals surface area contributed by atoms with Crippen LogP contribution in [0.4, 0.5) is 5.69 Å². The van der Waals surface area contributed by atoms with Crippen LogP contribution in [-0.2, 0) is 14.8 Å². The Hall–Kier alpha value is -2.52. The predicted molar refractivity (Wildman–Crippen MR) is 128 cm³/mol. The summed E-state index contributed by atoms with van der Waals surface area (Å²) in [7, 11) is -3.97. The number of carbonyl (C=O) groups is 1. The summed E-state index contributed by atoms with van der Waals surface area (Å²) in [4.78, 5) is 14.6. The van der Waals surface area contributed by atoms with E-state index in [0.29, 0.717) is 18.0 Å². The van der Waals surface area contributed by atoms with Crippen molar-refractivity contribution in [2.45, 2.75) is 34.6 Å². The van der Waals surface area contributed by atoms with Crippen LogP contribution in [0.15, 0.2) is 87.5 Å². The third-order valence-electron chi connectivity index (χ3n) is 4.35. The monoisotopic (exact) mass is 490 g/mol. The van der Waals surface area contributed by atoms with Crippen LogP contribution in [0, 0.1) is 0 Å². The van der Waals surface area contributed by atoms with Gasteiger partial charge in [-0.1, -0.05) is 53.7 Å². The predicted octanol–water partition coefficient (Wildman–Crippen LogP) is 5.20. The lowest BCUT2D eigenvalue weighted by molar-refractivity contribution is -0.117. The fourth-order valence-corrected chi connectivity index (χ4v) is 5.24. The molecule has 0 saturated carbocycles. The molecule has 9 heteroatoms. The smallest absolute Gasteiger partial charge is 0.242 e. The van der Waals surface area contributed by atoms with Gasteiger partial charge in [0.2, 0.25) is 15.9 Å². The number of benzene rings is 3. The number of rotatable bonds is 9. The van der Waals surface area contributed by atoms with Crippen molar-refractivity contribution in [1.29, 1.82) is 0 Å². The summed E-state index contributed by atoms with van der Waals surface area (Å²) >= 11 is 7.61. The number of nitrogens with one attached hydrogen (secondary N) is 2. The second-order valence-electron chi connectivity index (χ2n) is 6.77. The molecule has 32 heavy (non-hydrogen) atoms. The Labute approximate surface area is 197 Å². The van der Waals surface area contributed by atoms with Crippen molar-refractivity contribution >= 4 is 45.0 Å². The van der Waals surface area contributed by atoms with Crippen LogP contribution in [-0.4, -0.2) is 27.0 Å². The lowest BCUT2D eigenvalue weighted by atomic mass is 10.3. The molecule has 0 aliphatic rings. The van der Waals surface area contributed by atoms with Crippen molar-refractivity contribution in [2.24, 2.45) is 0 Å². The minimum Gasteiger partial charge on any atom is -0.492 e. The van der Waals surface area contributed by atoms with Crippen molar-refractivity contribution in [2.75, 3.05) is 11.9 Å². The molecular formula is C23H23ClN2O4S2. The van der Waals surface area contributed by atoms with Crippen LogP contribution in [0.25, 0.3) is 0 Å². The molecule has 0 fully saturated rings. The maximum absolute atomic E-state index is 12.7. The highest BCUT2D eigenvalue weighted by molar-refractivity contribution is 7.99. The van der Waals surface area contributed by atoms with Crippen molar-refractivity contribution in [3.05, 3.63) is 77.8 Å². The minimum absolute atomic E-state index is 0.0503. The first-order chi connectivity index (χ1) is 15.3. The van der Waals surface area contributed by atoms with E-state index in [2.05, 4.69) is 10.0 Å². The lowest BCUT2D eigenvalue weighted by Crippen LogP contribution is -2.41.